The molecule has 0 radical (unpaired) electrons. The quantitative estimate of drug-likeness (QED) is 0.859. The summed E-state index contributed by atoms with van der Waals surface area (Å²) in [5.41, 5.74) is 0. The lowest BCUT2D eigenvalue weighted by atomic mass is 10.1. The Morgan fingerprint density at radius 2 is 2.05 bits per heavy atom. The van der Waals surface area contributed by atoms with Crippen molar-refractivity contribution in [2.45, 2.75) is 39.3 Å². The molecule has 5 nitrogen and oxygen atoms in total. The van der Waals surface area contributed by atoms with Gasteiger partial charge in [-0.15, -0.1) is 11.3 Å². The van der Waals surface area contributed by atoms with Crippen LogP contribution in [0.5, 0.6) is 0 Å². The Kier molecular flexibility index (Phi) is 5.38. The highest BCUT2D eigenvalue weighted by molar-refractivity contribution is 7.10. The van der Waals surface area contributed by atoms with Crippen LogP contribution in [-0.2, 0) is 9.59 Å². The van der Waals surface area contributed by atoms with Crippen LogP contribution in [-0.4, -0.2) is 11.8 Å². The standard InChI is InChI=1S/C16H20N2O3S/c1-10-6-7-14(21-10)11(2)17-16(20)9-13(18-12(3)19)15-5-4-8-22-15/h4-8,11,13H,9H2,1-3H3,(H,17,20)(H,18,19)/t11-,13-/m1/s1. The fourth-order valence-electron chi connectivity index (χ4n) is 2.20. The maximum atomic E-state index is 12.2. The first-order valence-electron chi connectivity index (χ1n) is 7.12. The van der Waals surface area contributed by atoms with E-state index in [1.807, 2.05) is 43.5 Å². The molecule has 0 fully saturated rings. The van der Waals surface area contributed by atoms with Gasteiger partial charge in [-0.25, -0.2) is 0 Å². The predicted molar refractivity (Wildman–Crippen MR) is 85.5 cm³/mol. The van der Waals surface area contributed by atoms with Crippen molar-refractivity contribution in [3.63, 3.8) is 0 Å². The van der Waals surface area contributed by atoms with Crippen molar-refractivity contribution in [3.05, 3.63) is 46.0 Å². The second-order valence-corrected chi connectivity index (χ2v) is 6.19. The van der Waals surface area contributed by atoms with E-state index in [2.05, 4.69) is 10.6 Å². The molecular weight excluding hydrogens is 300 g/mol. The van der Waals surface area contributed by atoms with Crippen LogP contribution < -0.4 is 10.6 Å². The first-order chi connectivity index (χ1) is 10.5. The van der Waals surface area contributed by atoms with Crippen LogP contribution in [0.15, 0.2) is 34.1 Å². The van der Waals surface area contributed by atoms with E-state index in [-0.39, 0.29) is 30.3 Å². The number of amides is 2. The molecule has 118 valence electrons. The molecule has 2 N–H and O–H groups in total. The number of thiophene rings is 1. The number of carbonyl (C=O) groups is 2. The Hall–Kier alpha value is -2.08. The summed E-state index contributed by atoms with van der Waals surface area (Å²) >= 11 is 1.52. The largest absolute Gasteiger partial charge is 0.464 e. The van der Waals surface area contributed by atoms with E-state index in [9.17, 15) is 9.59 Å². The third kappa shape index (κ3) is 4.46. The highest BCUT2D eigenvalue weighted by atomic mass is 32.1. The molecule has 0 spiro atoms. The number of nitrogens with one attached hydrogen (secondary N) is 2. The SMILES string of the molecule is CC(=O)N[C@H](CC(=O)N[C@H](C)c1ccc(C)o1)c1cccs1. The van der Waals surface area contributed by atoms with Gasteiger partial charge in [-0.2, -0.15) is 0 Å². The van der Waals surface area contributed by atoms with Gasteiger partial charge in [0.2, 0.25) is 11.8 Å². The zero-order valence-electron chi connectivity index (χ0n) is 12.9. The van der Waals surface area contributed by atoms with E-state index in [0.29, 0.717) is 0 Å². The summed E-state index contributed by atoms with van der Waals surface area (Å²) in [5.74, 6) is 1.25. The number of carbonyl (C=O) groups excluding carboxylic acids is 2. The van der Waals surface area contributed by atoms with Crippen molar-refractivity contribution in [2.75, 3.05) is 0 Å². The number of hydrogen-bond acceptors (Lipinski definition) is 4. The number of hydrogen-bond donors (Lipinski definition) is 2. The molecule has 0 aliphatic carbocycles. The lowest BCUT2D eigenvalue weighted by Gasteiger charge is -2.18. The molecule has 0 aromatic carbocycles. The third-order valence-electron chi connectivity index (χ3n) is 3.22. The van der Waals surface area contributed by atoms with Gasteiger partial charge < -0.3 is 15.1 Å². The third-order valence-corrected chi connectivity index (χ3v) is 4.21. The first kappa shape index (κ1) is 16.3. The molecule has 0 saturated heterocycles. The summed E-state index contributed by atoms with van der Waals surface area (Å²) in [5, 5.41) is 7.64. The molecule has 0 unspecified atom stereocenters. The van der Waals surface area contributed by atoms with Gasteiger partial charge in [0, 0.05) is 11.8 Å². The fraction of sp³-hybridized carbons (Fsp3) is 0.375. The molecular formula is C16H20N2O3S. The van der Waals surface area contributed by atoms with Crippen LogP contribution in [0.1, 0.15) is 48.7 Å². The molecule has 22 heavy (non-hydrogen) atoms. The smallest absolute Gasteiger partial charge is 0.223 e. The normalized spacial score (nSPS) is 13.4. The van der Waals surface area contributed by atoms with Crippen LogP contribution in [0.3, 0.4) is 0 Å². The van der Waals surface area contributed by atoms with Crippen LogP contribution >= 0.6 is 11.3 Å². The number of aryl methyl sites for hydroxylation is 1. The highest BCUT2D eigenvalue weighted by Crippen LogP contribution is 2.23. The first-order valence-corrected chi connectivity index (χ1v) is 8.00. The Balaban J connectivity index is 1.97. The Morgan fingerprint density at radius 1 is 1.27 bits per heavy atom. The van der Waals surface area contributed by atoms with E-state index in [4.69, 9.17) is 4.42 Å². The predicted octanol–water partition coefficient (Wildman–Crippen LogP) is 3.09. The van der Waals surface area contributed by atoms with E-state index in [1.54, 1.807) is 0 Å². The fourth-order valence-corrected chi connectivity index (χ4v) is 2.98. The Bertz CT molecular complexity index is 634. The second kappa shape index (κ2) is 7.26. The van der Waals surface area contributed by atoms with Crippen LogP contribution in [0, 0.1) is 6.92 Å². The maximum Gasteiger partial charge on any atom is 0.223 e. The zero-order chi connectivity index (χ0) is 16.1. The number of furan rings is 1. The monoisotopic (exact) mass is 320 g/mol. The Labute approximate surface area is 133 Å². The van der Waals surface area contributed by atoms with Gasteiger partial charge in [-0.3, -0.25) is 9.59 Å². The minimum Gasteiger partial charge on any atom is -0.464 e. The topological polar surface area (TPSA) is 71.3 Å². The van der Waals surface area contributed by atoms with Crippen molar-refractivity contribution in [1.82, 2.24) is 10.6 Å². The molecule has 2 aromatic heterocycles. The summed E-state index contributed by atoms with van der Waals surface area (Å²) in [7, 11) is 0. The van der Waals surface area contributed by atoms with E-state index in [0.717, 1.165) is 16.4 Å². The summed E-state index contributed by atoms with van der Waals surface area (Å²) in [4.78, 5) is 24.5. The zero-order valence-corrected chi connectivity index (χ0v) is 13.7. The Morgan fingerprint density at radius 3 is 2.59 bits per heavy atom. The molecule has 0 saturated carbocycles. The van der Waals surface area contributed by atoms with Gasteiger partial charge in [-0.05, 0) is 37.4 Å². The van der Waals surface area contributed by atoms with E-state index < -0.39 is 0 Å². The van der Waals surface area contributed by atoms with Gasteiger partial charge in [0.1, 0.15) is 11.5 Å². The molecule has 2 heterocycles. The lowest BCUT2D eigenvalue weighted by molar-refractivity contribution is -0.123. The molecule has 2 rings (SSSR count). The molecule has 2 aromatic rings. The van der Waals surface area contributed by atoms with Crippen LogP contribution in [0.4, 0.5) is 0 Å². The second-order valence-electron chi connectivity index (χ2n) is 5.21. The van der Waals surface area contributed by atoms with Crippen LogP contribution in [0.2, 0.25) is 0 Å². The van der Waals surface area contributed by atoms with Gasteiger partial charge in [-0.1, -0.05) is 6.07 Å². The van der Waals surface area contributed by atoms with Gasteiger partial charge >= 0.3 is 0 Å². The minimum atomic E-state index is -0.303. The molecule has 0 aliphatic rings. The minimum absolute atomic E-state index is 0.131. The van der Waals surface area contributed by atoms with Crippen LogP contribution in [0.25, 0.3) is 0 Å². The van der Waals surface area contributed by atoms with E-state index >= 15 is 0 Å². The van der Waals surface area contributed by atoms with Crippen molar-refractivity contribution in [2.24, 2.45) is 0 Å². The highest BCUT2D eigenvalue weighted by Gasteiger charge is 2.20. The number of rotatable bonds is 6. The molecule has 2 atom stereocenters. The molecule has 2 amide bonds. The van der Waals surface area contributed by atoms with Gasteiger partial charge in [0.05, 0.1) is 18.5 Å². The summed E-state index contributed by atoms with van der Waals surface area (Å²) in [6, 6.07) is 7.03. The van der Waals surface area contributed by atoms with Crippen molar-refractivity contribution < 1.29 is 14.0 Å². The van der Waals surface area contributed by atoms with Gasteiger partial charge in [0.15, 0.2) is 0 Å². The summed E-state index contributed by atoms with van der Waals surface area (Å²) in [6.07, 6.45) is 0.199. The van der Waals surface area contributed by atoms with Crippen molar-refractivity contribution in [1.29, 1.82) is 0 Å². The summed E-state index contributed by atoms with van der Waals surface area (Å²) in [6.45, 7) is 5.18. The van der Waals surface area contributed by atoms with E-state index in [1.165, 1.54) is 18.3 Å². The van der Waals surface area contributed by atoms with Crippen molar-refractivity contribution in [3.8, 4) is 0 Å². The molecule has 0 aliphatic heterocycles. The van der Waals surface area contributed by atoms with Gasteiger partial charge in [0.25, 0.3) is 0 Å². The average Bonchev–Trinajstić information content (AvgIpc) is 3.08. The van der Waals surface area contributed by atoms with Crippen molar-refractivity contribution >= 4 is 23.2 Å². The summed E-state index contributed by atoms with van der Waals surface area (Å²) < 4.78 is 5.51. The molecule has 6 heteroatoms. The average molecular weight is 320 g/mol. The molecule has 0 bridgehead atoms. The maximum absolute atomic E-state index is 12.2. The lowest BCUT2D eigenvalue weighted by Crippen LogP contribution is -2.33.